The minimum Gasteiger partial charge on any atom is -0.314 e. The fourth-order valence-electron chi connectivity index (χ4n) is 1.20. The second kappa shape index (κ2) is 3.06. The monoisotopic (exact) mass is 191 g/mol. The molecule has 0 spiro atoms. The Labute approximate surface area is 80.2 Å². The minimum atomic E-state index is -0.176. The fraction of sp³-hybridized carbons (Fsp3) is 0.250. The molecule has 2 aromatic heterocycles. The molecule has 0 atom stereocenters. The Morgan fingerprint density at radius 2 is 2.21 bits per heavy atom. The standard InChI is InChI=1S/C8H9N5O/c1-12-5-9-11-8(12)7(14)6-3-4-10-13(6)2/h3-5H,1-2H3. The first-order chi connectivity index (χ1) is 6.70. The number of rotatable bonds is 2. The van der Waals surface area contributed by atoms with Crippen LogP contribution in [0, 0.1) is 0 Å². The molecule has 0 aromatic carbocycles. The van der Waals surface area contributed by atoms with Crippen molar-refractivity contribution in [2.45, 2.75) is 0 Å². The first kappa shape index (κ1) is 8.61. The molecule has 0 N–H and O–H groups in total. The zero-order valence-corrected chi connectivity index (χ0v) is 7.88. The van der Waals surface area contributed by atoms with Gasteiger partial charge in [-0.1, -0.05) is 0 Å². The molecule has 72 valence electrons. The summed E-state index contributed by atoms with van der Waals surface area (Å²) in [7, 11) is 3.44. The maximum absolute atomic E-state index is 11.8. The van der Waals surface area contributed by atoms with Gasteiger partial charge in [0.25, 0.3) is 0 Å². The van der Waals surface area contributed by atoms with Crippen molar-refractivity contribution in [3.8, 4) is 0 Å². The molecule has 0 saturated heterocycles. The average molecular weight is 191 g/mol. The summed E-state index contributed by atoms with van der Waals surface area (Å²) in [6.07, 6.45) is 3.06. The number of hydrogen-bond acceptors (Lipinski definition) is 4. The highest BCUT2D eigenvalue weighted by molar-refractivity contribution is 6.05. The highest BCUT2D eigenvalue weighted by Crippen LogP contribution is 2.04. The Bertz CT molecular complexity index is 427. The van der Waals surface area contributed by atoms with E-state index in [1.54, 1.807) is 30.9 Å². The van der Waals surface area contributed by atoms with Crippen LogP contribution < -0.4 is 0 Å². The molecule has 0 amide bonds. The van der Waals surface area contributed by atoms with E-state index in [4.69, 9.17) is 0 Å². The summed E-state index contributed by atoms with van der Waals surface area (Å²) in [6, 6.07) is 1.65. The van der Waals surface area contributed by atoms with Gasteiger partial charge in [0, 0.05) is 20.3 Å². The van der Waals surface area contributed by atoms with Gasteiger partial charge in [0.15, 0.2) is 0 Å². The second-order valence-electron chi connectivity index (χ2n) is 2.93. The van der Waals surface area contributed by atoms with Crippen molar-refractivity contribution < 1.29 is 4.79 Å². The first-order valence-corrected chi connectivity index (χ1v) is 4.07. The largest absolute Gasteiger partial charge is 0.314 e. The summed E-state index contributed by atoms with van der Waals surface area (Å²) in [5, 5.41) is 11.3. The van der Waals surface area contributed by atoms with E-state index in [1.165, 1.54) is 11.0 Å². The molecule has 0 fully saturated rings. The van der Waals surface area contributed by atoms with Gasteiger partial charge >= 0.3 is 0 Å². The lowest BCUT2D eigenvalue weighted by Crippen LogP contribution is -2.12. The molecule has 0 aliphatic heterocycles. The molecule has 0 aliphatic rings. The third-order valence-electron chi connectivity index (χ3n) is 1.97. The SMILES string of the molecule is Cn1cnnc1C(=O)c1ccnn1C. The molecule has 0 radical (unpaired) electrons. The summed E-state index contributed by atoms with van der Waals surface area (Å²) in [4.78, 5) is 11.8. The van der Waals surface area contributed by atoms with Crippen molar-refractivity contribution in [1.82, 2.24) is 24.5 Å². The lowest BCUT2D eigenvalue weighted by Gasteiger charge is -1.99. The van der Waals surface area contributed by atoms with Crippen molar-refractivity contribution in [2.75, 3.05) is 0 Å². The van der Waals surface area contributed by atoms with Crippen molar-refractivity contribution >= 4 is 5.78 Å². The molecule has 2 heterocycles. The summed E-state index contributed by atoms with van der Waals surface area (Å²) in [5.41, 5.74) is 0.501. The molecular weight excluding hydrogens is 182 g/mol. The Kier molecular flexibility index (Phi) is 1.88. The lowest BCUT2D eigenvalue weighted by molar-refractivity contribution is 0.101. The zero-order valence-electron chi connectivity index (χ0n) is 7.88. The van der Waals surface area contributed by atoms with Gasteiger partial charge in [-0.05, 0) is 6.07 Å². The fourth-order valence-corrected chi connectivity index (χ4v) is 1.20. The Morgan fingerprint density at radius 3 is 2.71 bits per heavy atom. The van der Waals surface area contributed by atoms with Crippen LogP contribution in [-0.4, -0.2) is 30.3 Å². The van der Waals surface area contributed by atoms with Gasteiger partial charge < -0.3 is 4.57 Å². The van der Waals surface area contributed by atoms with Gasteiger partial charge in [0.2, 0.25) is 11.6 Å². The number of aromatic nitrogens is 5. The number of ketones is 1. The van der Waals surface area contributed by atoms with Crippen LogP contribution in [0.15, 0.2) is 18.6 Å². The van der Waals surface area contributed by atoms with E-state index in [-0.39, 0.29) is 5.78 Å². The van der Waals surface area contributed by atoms with E-state index in [1.807, 2.05) is 0 Å². The van der Waals surface area contributed by atoms with E-state index < -0.39 is 0 Å². The van der Waals surface area contributed by atoms with E-state index in [2.05, 4.69) is 15.3 Å². The molecule has 2 rings (SSSR count). The quantitative estimate of drug-likeness (QED) is 0.615. The lowest BCUT2D eigenvalue weighted by atomic mass is 10.2. The van der Waals surface area contributed by atoms with Gasteiger partial charge in [-0.15, -0.1) is 10.2 Å². The maximum atomic E-state index is 11.8. The Hall–Kier alpha value is -1.98. The highest BCUT2D eigenvalue weighted by atomic mass is 16.1. The topological polar surface area (TPSA) is 65.6 Å². The summed E-state index contributed by atoms with van der Waals surface area (Å²) >= 11 is 0. The van der Waals surface area contributed by atoms with Crippen LogP contribution >= 0.6 is 0 Å². The third-order valence-corrected chi connectivity index (χ3v) is 1.97. The molecular formula is C8H9N5O. The molecule has 0 bridgehead atoms. The van der Waals surface area contributed by atoms with Gasteiger partial charge in [-0.2, -0.15) is 5.10 Å². The Balaban J connectivity index is 2.44. The number of hydrogen-bond donors (Lipinski definition) is 0. The van der Waals surface area contributed by atoms with Gasteiger partial charge in [0.05, 0.1) is 0 Å². The number of carbonyl (C=O) groups excluding carboxylic acids is 1. The molecule has 0 unspecified atom stereocenters. The van der Waals surface area contributed by atoms with Gasteiger partial charge in [-0.25, -0.2) is 0 Å². The van der Waals surface area contributed by atoms with E-state index >= 15 is 0 Å². The molecule has 6 nitrogen and oxygen atoms in total. The van der Waals surface area contributed by atoms with E-state index in [0.717, 1.165) is 0 Å². The van der Waals surface area contributed by atoms with Gasteiger partial charge in [0.1, 0.15) is 12.0 Å². The van der Waals surface area contributed by atoms with Crippen LogP contribution in [0.3, 0.4) is 0 Å². The molecule has 14 heavy (non-hydrogen) atoms. The van der Waals surface area contributed by atoms with Gasteiger partial charge in [-0.3, -0.25) is 9.48 Å². The number of nitrogens with zero attached hydrogens (tertiary/aromatic N) is 5. The average Bonchev–Trinajstić information content (AvgIpc) is 2.73. The van der Waals surface area contributed by atoms with Crippen LogP contribution in [0.5, 0.6) is 0 Å². The van der Waals surface area contributed by atoms with Crippen molar-refractivity contribution in [3.63, 3.8) is 0 Å². The van der Waals surface area contributed by atoms with E-state index in [0.29, 0.717) is 11.5 Å². The molecule has 6 heteroatoms. The summed E-state index contributed by atoms with van der Waals surface area (Å²) in [5.74, 6) is 0.138. The zero-order chi connectivity index (χ0) is 10.1. The van der Waals surface area contributed by atoms with E-state index in [9.17, 15) is 4.79 Å². The minimum absolute atomic E-state index is 0.176. The van der Waals surface area contributed by atoms with Crippen LogP contribution in [0.4, 0.5) is 0 Å². The number of aryl methyl sites for hydroxylation is 2. The van der Waals surface area contributed by atoms with Crippen molar-refractivity contribution in [2.24, 2.45) is 14.1 Å². The van der Waals surface area contributed by atoms with Crippen LogP contribution in [0.2, 0.25) is 0 Å². The predicted octanol–water partition coefficient (Wildman–Crippen LogP) is -0.220. The third kappa shape index (κ3) is 1.20. The normalized spacial score (nSPS) is 10.4. The van der Waals surface area contributed by atoms with Crippen LogP contribution in [-0.2, 0) is 14.1 Å². The smallest absolute Gasteiger partial charge is 0.248 e. The number of carbonyl (C=O) groups is 1. The van der Waals surface area contributed by atoms with Crippen LogP contribution in [0.25, 0.3) is 0 Å². The van der Waals surface area contributed by atoms with Crippen molar-refractivity contribution in [1.29, 1.82) is 0 Å². The summed E-state index contributed by atoms with van der Waals surface area (Å²) < 4.78 is 3.09. The molecule has 2 aromatic rings. The second-order valence-corrected chi connectivity index (χ2v) is 2.93. The highest BCUT2D eigenvalue weighted by Gasteiger charge is 2.17. The predicted molar refractivity (Wildman–Crippen MR) is 47.6 cm³/mol. The van der Waals surface area contributed by atoms with Crippen LogP contribution in [0.1, 0.15) is 16.3 Å². The Morgan fingerprint density at radius 1 is 1.43 bits per heavy atom. The maximum Gasteiger partial charge on any atom is 0.248 e. The molecule has 0 saturated carbocycles. The van der Waals surface area contributed by atoms with Crippen molar-refractivity contribution in [3.05, 3.63) is 30.1 Å². The summed E-state index contributed by atoms with van der Waals surface area (Å²) in [6.45, 7) is 0. The first-order valence-electron chi connectivity index (χ1n) is 4.07. The molecule has 0 aliphatic carbocycles.